The Morgan fingerprint density at radius 1 is 1.13 bits per heavy atom. The third kappa shape index (κ3) is 4.96. The summed E-state index contributed by atoms with van der Waals surface area (Å²) in [6.45, 7) is 2.29. The van der Waals surface area contributed by atoms with E-state index in [-0.39, 0.29) is 17.4 Å². The van der Waals surface area contributed by atoms with Gasteiger partial charge in [-0.2, -0.15) is 0 Å². The molecular weight excluding hydrogens is 470 g/mol. The molecule has 0 radical (unpaired) electrons. The van der Waals surface area contributed by atoms with E-state index in [2.05, 4.69) is 68.3 Å². The number of hydrogen-bond donors (Lipinski definition) is 1. The van der Waals surface area contributed by atoms with Crippen molar-refractivity contribution in [1.82, 2.24) is 4.90 Å². The van der Waals surface area contributed by atoms with E-state index in [9.17, 15) is 4.79 Å². The zero-order chi connectivity index (χ0) is 22.0. The van der Waals surface area contributed by atoms with Crippen LogP contribution in [0, 0.1) is 5.92 Å². The van der Waals surface area contributed by atoms with E-state index in [0.29, 0.717) is 5.92 Å². The fourth-order valence-electron chi connectivity index (χ4n) is 4.49. The van der Waals surface area contributed by atoms with Gasteiger partial charge in [-0.15, -0.1) is 0 Å². The number of carbonyl (C=O) groups is 1. The van der Waals surface area contributed by atoms with Crippen LogP contribution in [0.25, 0.3) is 6.08 Å². The number of nitrogens with zero attached hydrogens (tertiary/aromatic N) is 2. The van der Waals surface area contributed by atoms with E-state index in [4.69, 9.17) is 0 Å². The highest BCUT2D eigenvalue weighted by atomic mass is 79.9. The largest absolute Gasteiger partial charge is 0.377 e. The van der Waals surface area contributed by atoms with Crippen molar-refractivity contribution >= 4 is 51.0 Å². The van der Waals surface area contributed by atoms with Crippen molar-refractivity contribution in [1.29, 1.82) is 0 Å². The standard InChI is InChI=1S/C25H30BrN3OS/c1-17-9-7-8-12-21(17)29-24(30)23(31-25(29)27-19-10-5-4-6-11-19)16-18-13-14-22(28(2)3)20(26)15-18/h4-6,10-11,13-17,21,25,27H,7-9,12H2,1-3H3/b23-16-/t17-,21+,25?/m0/s1. The summed E-state index contributed by atoms with van der Waals surface area (Å²) < 4.78 is 1.03. The molecule has 1 aliphatic carbocycles. The fraction of sp³-hybridized carbons (Fsp3) is 0.400. The molecule has 1 amide bonds. The van der Waals surface area contributed by atoms with Gasteiger partial charge in [-0.3, -0.25) is 4.79 Å². The molecule has 6 heteroatoms. The summed E-state index contributed by atoms with van der Waals surface area (Å²) in [5, 5.41) is 3.60. The molecule has 1 saturated heterocycles. The number of benzene rings is 2. The first-order valence-corrected chi connectivity index (χ1v) is 12.6. The van der Waals surface area contributed by atoms with Gasteiger partial charge in [0.05, 0.1) is 10.6 Å². The minimum Gasteiger partial charge on any atom is -0.377 e. The molecule has 1 heterocycles. The molecule has 2 fully saturated rings. The molecule has 1 saturated carbocycles. The topological polar surface area (TPSA) is 35.6 Å². The predicted octanol–water partition coefficient (Wildman–Crippen LogP) is 6.41. The third-order valence-electron chi connectivity index (χ3n) is 6.18. The van der Waals surface area contributed by atoms with Crippen LogP contribution in [0.1, 0.15) is 38.2 Å². The Labute approximate surface area is 198 Å². The molecule has 1 unspecified atom stereocenters. The minimum atomic E-state index is -0.0869. The molecule has 1 aliphatic heterocycles. The number of carbonyl (C=O) groups excluding carboxylic acids is 1. The van der Waals surface area contributed by atoms with Crippen LogP contribution in [-0.2, 0) is 4.79 Å². The number of hydrogen-bond acceptors (Lipinski definition) is 4. The lowest BCUT2D eigenvalue weighted by atomic mass is 9.85. The van der Waals surface area contributed by atoms with Crippen molar-refractivity contribution in [3.05, 3.63) is 63.5 Å². The molecule has 0 spiro atoms. The van der Waals surface area contributed by atoms with Gasteiger partial charge in [0.15, 0.2) is 5.50 Å². The van der Waals surface area contributed by atoms with Crippen LogP contribution in [0.5, 0.6) is 0 Å². The molecule has 2 aromatic carbocycles. The van der Waals surface area contributed by atoms with Crippen LogP contribution in [0.2, 0.25) is 0 Å². The van der Waals surface area contributed by atoms with E-state index in [0.717, 1.165) is 32.7 Å². The number of rotatable bonds is 5. The zero-order valence-corrected chi connectivity index (χ0v) is 20.7. The van der Waals surface area contributed by atoms with Crippen molar-refractivity contribution in [3.63, 3.8) is 0 Å². The van der Waals surface area contributed by atoms with Crippen molar-refractivity contribution in [2.45, 2.75) is 44.1 Å². The van der Waals surface area contributed by atoms with Crippen molar-refractivity contribution in [2.75, 3.05) is 24.3 Å². The van der Waals surface area contributed by atoms with Gasteiger partial charge in [0, 0.05) is 30.3 Å². The van der Waals surface area contributed by atoms with Gasteiger partial charge >= 0.3 is 0 Å². The smallest absolute Gasteiger partial charge is 0.262 e. The summed E-state index contributed by atoms with van der Waals surface area (Å²) in [6, 6.07) is 16.7. The van der Waals surface area contributed by atoms with Crippen molar-refractivity contribution < 1.29 is 4.79 Å². The van der Waals surface area contributed by atoms with E-state index >= 15 is 0 Å². The maximum Gasteiger partial charge on any atom is 0.262 e. The highest BCUT2D eigenvalue weighted by Gasteiger charge is 2.42. The highest BCUT2D eigenvalue weighted by molar-refractivity contribution is 9.10. The van der Waals surface area contributed by atoms with Crippen LogP contribution in [0.3, 0.4) is 0 Å². The van der Waals surface area contributed by atoms with Crippen LogP contribution in [0.4, 0.5) is 11.4 Å². The quantitative estimate of drug-likeness (QED) is 0.482. The molecule has 2 aromatic rings. The molecule has 1 N–H and O–H groups in total. The Morgan fingerprint density at radius 2 is 1.87 bits per heavy atom. The third-order valence-corrected chi connectivity index (χ3v) is 7.93. The Hall–Kier alpha value is -1.92. The molecular formula is C25H30BrN3OS. The van der Waals surface area contributed by atoms with Crippen molar-refractivity contribution in [3.8, 4) is 0 Å². The second kappa shape index (κ2) is 9.70. The maximum atomic E-state index is 13.6. The first-order valence-electron chi connectivity index (χ1n) is 10.9. The lowest BCUT2D eigenvalue weighted by molar-refractivity contribution is -0.129. The Bertz CT molecular complexity index is 962. The summed E-state index contributed by atoms with van der Waals surface area (Å²) in [4.78, 5) is 18.6. The van der Waals surface area contributed by atoms with Gasteiger partial charge in [0.1, 0.15) is 0 Å². The lowest BCUT2D eigenvalue weighted by Gasteiger charge is -2.39. The molecule has 31 heavy (non-hydrogen) atoms. The van der Waals surface area contributed by atoms with Gasteiger partial charge in [0.25, 0.3) is 5.91 Å². The normalized spacial score (nSPS) is 25.2. The molecule has 2 aliphatic rings. The second-order valence-electron chi connectivity index (χ2n) is 8.64. The average molecular weight is 501 g/mol. The Morgan fingerprint density at radius 3 is 2.55 bits per heavy atom. The van der Waals surface area contributed by atoms with Crippen LogP contribution in [-0.4, -0.2) is 36.4 Å². The van der Waals surface area contributed by atoms with Gasteiger partial charge in [-0.25, -0.2) is 0 Å². The zero-order valence-electron chi connectivity index (χ0n) is 18.3. The SMILES string of the molecule is C[C@H]1CCCC[C@H]1N1C(=O)/C(=C/c2ccc(N(C)C)c(Br)c2)SC1Nc1ccccc1. The number of para-hydroxylation sites is 1. The average Bonchev–Trinajstić information content (AvgIpc) is 3.03. The van der Waals surface area contributed by atoms with Gasteiger partial charge < -0.3 is 15.1 Å². The van der Waals surface area contributed by atoms with Gasteiger partial charge in [-0.1, -0.05) is 55.8 Å². The highest BCUT2D eigenvalue weighted by Crippen LogP contribution is 2.42. The lowest BCUT2D eigenvalue weighted by Crippen LogP contribution is -2.48. The number of anilines is 2. The van der Waals surface area contributed by atoms with Gasteiger partial charge in [-0.05, 0) is 70.6 Å². The summed E-state index contributed by atoms with van der Waals surface area (Å²) >= 11 is 5.29. The number of nitrogens with one attached hydrogen (secondary N) is 1. The summed E-state index contributed by atoms with van der Waals surface area (Å²) in [5.74, 6) is 0.663. The molecule has 4 nitrogen and oxygen atoms in total. The van der Waals surface area contributed by atoms with Crippen LogP contribution >= 0.6 is 27.7 Å². The second-order valence-corrected chi connectivity index (χ2v) is 10.6. The molecule has 164 valence electrons. The first-order chi connectivity index (χ1) is 14.9. The first kappa shape index (κ1) is 22.3. The van der Waals surface area contributed by atoms with Gasteiger partial charge in [0.2, 0.25) is 0 Å². The summed E-state index contributed by atoms with van der Waals surface area (Å²) in [7, 11) is 4.05. The van der Waals surface area contributed by atoms with Crippen LogP contribution in [0.15, 0.2) is 57.9 Å². The van der Waals surface area contributed by atoms with E-state index < -0.39 is 0 Å². The predicted molar refractivity (Wildman–Crippen MR) is 136 cm³/mol. The number of amides is 1. The molecule has 0 bridgehead atoms. The van der Waals surface area contributed by atoms with Crippen LogP contribution < -0.4 is 10.2 Å². The van der Waals surface area contributed by atoms with E-state index in [1.807, 2.05) is 38.4 Å². The summed E-state index contributed by atoms with van der Waals surface area (Å²) in [5.41, 5.74) is 3.11. The molecule has 3 atom stereocenters. The summed E-state index contributed by atoms with van der Waals surface area (Å²) in [6.07, 6.45) is 6.76. The number of thioether (sulfide) groups is 1. The Balaban J connectivity index is 1.64. The van der Waals surface area contributed by atoms with E-state index in [1.54, 1.807) is 11.8 Å². The molecule has 4 rings (SSSR count). The minimum absolute atomic E-state index is 0.0869. The van der Waals surface area contributed by atoms with E-state index in [1.165, 1.54) is 19.3 Å². The monoisotopic (exact) mass is 499 g/mol. The fourth-order valence-corrected chi connectivity index (χ4v) is 6.46. The Kier molecular flexibility index (Phi) is 6.97. The van der Waals surface area contributed by atoms with Crippen molar-refractivity contribution in [2.24, 2.45) is 5.92 Å². The number of halogens is 1. The molecule has 0 aromatic heterocycles. The maximum absolute atomic E-state index is 13.6.